The van der Waals surface area contributed by atoms with E-state index in [-0.39, 0.29) is 0 Å². The minimum atomic E-state index is 0.425. The van der Waals surface area contributed by atoms with Crippen molar-refractivity contribution in [3.05, 3.63) is 11.9 Å². The highest BCUT2D eigenvalue weighted by molar-refractivity contribution is 5.47. The van der Waals surface area contributed by atoms with Crippen molar-refractivity contribution in [1.82, 2.24) is 9.97 Å². The van der Waals surface area contributed by atoms with Crippen molar-refractivity contribution >= 4 is 11.6 Å². The lowest BCUT2D eigenvalue weighted by Gasteiger charge is -2.16. The van der Waals surface area contributed by atoms with Crippen molar-refractivity contribution in [3.8, 4) is 0 Å². The molecule has 2 rings (SSSR count). The summed E-state index contributed by atoms with van der Waals surface area (Å²) in [4.78, 5) is 8.68. The summed E-state index contributed by atoms with van der Waals surface area (Å²) in [6.45, 7) is 3.71. The van der Waals surface area contributed by atoms with Crippen LogP contribution in [0.2, 0.25) is 0 Å². The normalized spacial score (nSPS) is 16.4. The third-order valence-electron chi connectivity index (χ3n) is 3.53. The zero-order chi connectivity index (χ0) is 13.0. The summed E-state index contributed by atoms with van der Waals surface area (Å²) in [5, 5.41) is 6.47. The molecule has 0 bridgehead atoms. The molecule has 0 spiro atoms. The monoisotopic (exact) mass is 250 g/mol. The van der Waals surface area contributed by atoms with Crippen LogP contribution >= 0.6 is 0 Å². The van der Waals surface area contributed by atoms with E-state index in [1.165, 1.54) is 12.8 Å². The molecule has 0 saturated heterocycles. The maximum atomic E-state index is 5.16. The second-order valence-electron chi connectivity index (χ2n) is 5.03. The molecule has 100 valence electrons. The fraction of sp³-hybridized carbons (Fsp3) is 0.692. The molecule has 1 aliphatic carbocycles. The first kappa shape index (κ1) is 13.1. The highest BCUT2D eigenvalue weighted by atomic mass is 16.5. The number of hydrogen-bond acceptors (Lipinski definition) is 5. The molecule has 0 unspecified atom stereocenters. The Kier molecular flexibility index (Phi) is 4.01. The minimum absolute atomic E-state index is 0.425. The predicted octanol–water partition coefficient (Wildman–Crippen LogP) is 2.06. The average molecular weight is 250 g/mol. The van der Waals surface area contributed by atoms with Gasteiger partial charge in [0, 0.05) is 33.4 Å². The number of aryl methyl sites for hydroxylation is 1. The third kappa shape index (κ3) is 3.32. The number of ether oxygens (including phenoxy) is 1. The van der Waals surface area contributed by atoms with E-state index in [0.29, 0.717) is 5.41 Å². The molecule has 1 aromatic rings. The van der Waals surface area contributed by atoms with Crippen molar-refractivity contribution in [2.45, 2.75) is 26.2 Å². The molecule has 0 atom stereocenters. The molecule has 1 saturated carbocycles. The van der Waals surface area contributed by atoms with Crippen molar-refractivity contribution in [2.75, 3.05) is 37.9 Å². The van der Waals surface area contributed by atoms with Crippen LogP contribution in [0.25, 0.3) is 0 Å². The Bertz CT molecular complexity index is 404. The number of methoxy groups -OCH3 is 1. The van der Waals surface area contributed by atoms with Gasteiger partial charge >= 0.3 is 0 Å². The Labute approximate surface area is 108 Å². The lowest BCUT2D eigenvalue weighted by Crippen LogP contribution is -2.18. The van der Waals surface area contributed by atoms with Gasteiger partial charge in [-0.1, -0.05) is 0 Å². The van der Waals surface area contributed by atoms with Crippen molar-refractivity contribution in [2.24, 2.45) is 5.41 Å². The molecule has 0 aromatic carbocycles. The highest BCUT2D eigenvalue weighted by Gasteiger charge is 2.41. The van der Waals surface area contributed by atoms with E-state index in [2.05, 4.69) is 20.6 Å². The van der Waals surface area contributed by atoms with Crippen LogP contribution in [0.15, 0.2) is 6.07 Å². The molecular formula is C13H22N4O. The predicted molar refractivity (Wildman–Crippen MR) is 73.0 cm³/mol. The van der Waals surface area contributed by atoms with Crippen LogP contribution in [-0.2, 0) is 4.74 Å². The molecule has 5 nitrogen and oxygen atoms in total. The van der Waals surface area contributed by atoms with Crippen LogP contribution < -0.4 is 10.6 Å². The summed E-state index contributed by atoms with van der Waals surface area (Å²) in [5.74, 6) is 2.54. The van der Waals surface area contributed by atoms with Gasteiger partial charge in [-0.2, -0.15) is 0 Å². The number of nitrogens with one attached hydrogen (secondary N) is 2. The molecule has 1 aromatic heterocycles. The van der Waals surface area contributed by atoms with Gasteiger partial charge in [0.25, 0.3) is 0 Å². The molecule has 1 fully saturated rings. The smallest absolute Gasteiger partial charge is 0.131 e. The van der Waals surface area contributed by atoms with E-state index in [1.807, 2.05) is 20.0 Å². The molecule has 18 heavy (non-hydrogen) atoms. The van der Waals surface area contributed by atoms with Crippen LogP contribution in [-0.4, -0.2) is 37.3 Å². The SMILES string of the molecule is CNc1cc(NCC2(CCOC)CC2)nc(C)n1. The first-order valence-corrected chi connectivity index (χ1v) is 6.44. The van der Waals surface area contributed by atoms with E-state index >= 15 is 0 Å². The van der Waals surface area contributed by atoms with Crippen LogP contribution in [0.5, 0.6) is 0 Å². The average Bonchev–Trinajstić information content (AvgIpc) is 3.14. The summed E-state index contributed by atoms with van der Waals surface area (Å²) >= 11 is 0. The topological polar surface area (TPSA) is 59.1 Å². The van der Waals surface area contributed by atoms with Gasteiger partial charge in [-0.3, -0.25) is 0 Å². The number of aromatic nitrogens is 2. The third-order valence-corrected chi connectivity index (χ3v) is 3.53. The second kappa shape index (κ2) is 5.52. The summed E-state index contributed by atoms with van der Waals surface area (Å²) < 4.78 is 5.16. The van der Waals surface area contributed by atoms with Gasteiger partial charge in [0.05, 0.1) is 0 Å². The molecule has 2 N–H and O–H groups in total. The first-order chi connectivity index (χ1) is 8.67. The molecule has 1 heterocycles. The van der Waals surface area contributed by atoms with E-state index in [1.54, 1.807) is 7.11 Å². The van der Waals surface area contributed by atoms with E-state index < -0.39 is 0 Å². The van der Waals surface area contributed by atoms with Gasteiger partial charge in [-0.05, 0) is 31.6 Å². The Balaban J connectivity index is 1.92. The quantitative estimate of drug-likeness (QED) is 0.775. The highest BCUT2D eigenvalue weighted by Crippen LogP contribution is 2.48. The van der Waals surface area contributed by atoms with Crippen LogP contribution in [0.4, 0.5) is 11.6 Å². The summed E-state index contributed by atoms with van der Waals surface area (Å²) in [5.41, 5.74) is 0.425. The standard InChI is InChI=1S/C13H22N4O/c1-10-16-11(14-2)8-12(17-10)15-9-13(4-5-13)6-7-18-3/h8H,4-7,9H2,1-3H3,(H2,14,15,16,17). The summed E-state index contributed by atoms with van der Waals surface area (Å²) in [6.07, 6.45) is 3.69. The number of hydrogen-bond donors (Lipinski definition) is 2. The summed E-state index contributed by atoms with van der Waals surface area (Å²) in [6, 6.07) is 1.94. The zero-order valence-electron chi connectivity index (χ0n) is 11.4. The van der Waals surface area contributed by atoms with E-state index in [0.717, 1.165) is 37.0 Å². The Hall–Kier alpha value is -1.36. The van der Waals surface area contributed by atoms with E-state index in [4.69, 9.17) is 4.74 Å². The van der Waals surface area contributed by atoms with Crippen LogP contribution in [0, 0.1) is 12.3 Å². The van der Waals surface area contributed by atoms with Gasteiger partial charge in [-0.15, -0.1) is 0 Å². The molecule has 1 aliphatic rings. The van der Waals surface area contributed by atoms with Crippen LogP contribution in [0.3, 0.4) is 0 Å². The largest absolute Gasteiger partial charge is 0.385 e. The molecular weight excluding hydrogens is 228 g/mol. The maximum Gasteiger partial charge on any atom is 0.131 e. The van der Waals surface area contributed by atoms with Gasteiger partial charge in [0.2, 0.25) is 0 Å². The Morgan fingerprint density at radius 2 is 2.06 bits per heavy atom. The fourth-order valence-corrected chi connectivity index (χ4v) is 2.07. The van der Waals surface area contributed by atoms with Crippen molar-refractivity contribution in [3.63, 3.8) is 0 Å². The zero-order valence-corrected chi connectivity index (χ0v) is 11.4. The lowest BCUT2D eigenvalue weighted by atomic mass is 10.0. The van der Waals surface area contributed by atoms with Gasteiger partial charge in [0.1, 0.15) is 17.5 Å². The van der Waals surface area contributed by atoms with E-state index in [9.17, 15) is 0 Å². The first-order valence-electron chi connectivity index (χ1n) is 6.44. The lowest BCUT2D eigenvalue weighted by molar-refractivity contribution is 0.175. The van der Waals surface area contributed by atoms with Crippen molar-refractivity contribution in [1.29, 1.82) is 0 Å². The Morgan fingerprint density at radius 3 is 2.67 bits per heavy atom. The van der Waals surface area contributed by atoms with Crippen molar-refractivity contribution < 1.29 is 4.74 Å². The van der Waals surface area contributed by atoms with Gasteiger partial charge < -0.3 is 15.4 Å². The summed E-state index contributed by atoms with van der Waals surface area (Å²) in [7, 11) is 3.63. The van der Waals surface area contributed by atoms with Gasteiger partial charge in [0.15, 0.2) is 0 Å². The fourth-order valence-electron chi connectivity index (χ4n) is 2.07. The second-order valence-corrected chi connectivity index (χ2v) is 5.03. The molecule has 0 radical (unpaired) electrons. The van der Waals surface area contributed by atoms with Gasteiger partial charge in [-0.25, -0.2) is 9.97 Å². The maximum absolute atomic E-state index is 5.16. The molecule has 0 amide bonds. The number of anilines is 2. The molecule has 5 heteroatoms. The molecule has 0 aliphatic heterocycles. The Morgan fingerprint density at radius 1 is 1.33 bits per heavy atom. The number of nitrogens with zero attached hydrogens (tertiary/aromatic N) is 2. The van der Waals surface area contributed by atoms with Crippen LogP contribution in [0.1, 0.15) is 25.1 Å². The number of rotatable bonds is 7. The minimum Gasteiger partial charge on any atom is -0.385 e.